The third-order valence-electron chi connectivity index (χ3n) is 5.96. The van der Waals surface area contributed by atoms with Crippen molar-refractivity contribution in [3.63, 3.8) is 0 Å². The quantitative estimate of drug-likeness (QED) is 0.386. The molecule has 0 saturated carbocycles. The molecule has 1 aliphatic rings. The zero-order valence-electron chi connectivity index (χ0n) is 20.9. The number of piperidine rings is 1. The Labute approximate surface area is 213 Å². The zero-order chi connectivity index (χ0) is 26.2. The van der Waals surface area contributed by atoms with Gasteiger partial charge in [-0.3, -0.25) is 0 Å². The summed E-state index contributed by atoms with van der Waals surface area (Å²) in [5.74, 6) is 0.0689. The largest absolute Gasteiger partial charge is 0.444 e. The van der Waals surface area contributed by atoms with Gasteiger partial charge in [0.25, 0.3) is 0 Å². The molecule has 10 nitrogen and oxygen atoms in total. The van der Waals surface area contributed by atoms with Gasteiger partial charge in [-0.05, 0) is 51.8 Å². The van der Waals surface area contributed by atoms with E-state index >= 15 is 4.39 Å². The fraction of sp³-hybridized carbons (Fsp3) is 0.346. The Balaban J connectivity index is 1.49. The Bertz CT molecular complexity index is 1440. The summed E-state index contributed by atoms with van der Waals surface area (Å²) in [7, 11) is 0. The number of nitrogen functional groups attached to an aromatic ring is 1. The standard InChI is InChI=1S/C26H28FN7O3/c1-26(2,3)37-25(35)33-13-7-8-16(14-33)34-24-20(23(28)29-15-30-24)21(32-34)18-11-12-19(31-22(18)27)36-17-9-5-4-6-10-17/h4-6,9-12,15-16H,7-8,13-14H2,1-3H3,(H2,28,29,30)/t16-/m1/s1. The highest BCUT2D eigenvalue weighted by atomic mass is 19.1. The van der Waals surface area contributed by atoms with Crippen molar-refractivity contribution in [2.24, 2.45) is 0 Å². The fourth-order valence-corrected chi connectivity index (χ4v) is 4.35. The molecule has 1 amide bonds. The summed E-state index contributed by atoms with van der Waals surface area (Å²) in [5, 5.41) is 5.15. The molecular weight excluding hydrogens is 477 g/mol. The lowest BCUT2D eigenvalue weighted by Gasteiger charge is -2.34. The van der Waals surface area contributed by atoms with E-state index in [0.29, 0.717) is 29.9 Å². The molecule has 0 radical (unpaired) electrons. The minimum Gasteiger partial charge on any atom is -0.444 e. The molecule has 5 rings (SSSR count). The molecule has 4 aromatic rings. The van der Waals surface area contributed by atoms with Crippen LogP contribution >= 0.6 is 0 Å². The number of hydrogen-bond acceptors (Lipinski definition) is 8. The van der Waals surface area contributed by atoms with E-state index in [1.165, 1.54) is 6.33 Å². The highest BCUT2D eigenvalue weighted by Gasteiger charge is 2.31. The van der Waals surface area contributed by atoms with Crippen LogP contribution in [0.1, 0.15) is 39.7 Å². The Morgan fingerprint density at radius 3 is 2.65 bits per heavy atom. The first-order valence-corrected chi connectivity index (χ1v) is 12.1. The number of nitrogens with zero attached hydrogens (tertiary/aromatic N) is 6. The maximum atomic E-state index is 15.3. The Morgan fingerprint density at radius 2 is 1.92 bits per heavy atom. The minimum atomic E-state index is -0.762. The minimum absolute atomic E-state index is 0.112. The van der Waals surface area contributed by atoms with Gasteiger partial charge in [-0.25, -0.2) is 19.4 Å². The molecule has 1 aliphatic heterocycles. The number of amides is 1. The number of hydrogen-bond donors (Lipinski definition) is 1. The first kappa shape index (κ1) is 24.4. The van der Waals surface area contributed by atoms with E-state index in [1.54, 1.807) is 33.8 Å². The van der Waals surface area contributed by atoms with Crippen LogP contribution in [0.15, 0.2) is 48.8 Å². The monoisotopic (exact) mass is 505 g/mol. The maximum absolute atomic E-state index is 15.3. The molecule has 0 aliphatic carbocycles. The van der Waals surface area contributed by atoms with Crippen LogP contribution in [-0.2, 0) is 4.74 Å². The van der Waals surface area contributed by atoms with E-state index in [0.717, 1.165) is 12.8 Å². The first-order chi connectivity index (χ1) is 17.7. The van der Waals surface area contributed by atoms with Crippen LogP contribution in [0.4, 0.5) is 15.0 Å². The third kappa shape index (κ3) is 5.16. The van der Waals surface area contributed by atoms with Crippen molar-refractivity contribution in [3.8, 4) is 22.9 Å². The van der Waals surface area contributed by atoms with E-state index < -0.39 is 11.5 Å². The van der Waals surface area contributed by atoms with Gasteiger partial charge in [-0.2, -0.15) is 14.5 Å². The summed E-state index contributed by atoms with van der Waals surface area (Å²) in [6.07, 6.45) is 2.47. The molecule has 4 heterocycles. The number of pyridine rings is 1. The van der Waals surface area contributed by atoms with Crippen LogP contribution in [0.25, 0.3) is 22.3 Å². The molecule has 37 heavy (non-hydrogen) atoms. The van der Waals surface area contributed by atoms with Gasteiger partial charge in [0.2, 0.25) is 11.8 Å². The average molecular weight is 506 g/mol. The van der Waals surface area contributed by atoms with Gasteiger partial charge >= 0.3 is 6.09 Å². The Morgan fingerprint density at radius 1 is 1.14 bits per heavy atom. The number of rotatable bonds is 4. The highest BCUT2D eigenvalue weighted by molar-refractivity contribution is 5.98. The van der Waals surface area contributed by atoms with Crippen molar-refractivity contribution >= 4 is 22.9 Å². The Kier molecular flexibility index (Phi) is 6.36. The summed E-state index contributed by atoms with van der Waals surface area (Å²) in [5.41, 5.74) is 6.49. The lowest BCUT2D eigenvalue weighted by molar-refractivity contribution is 0.0169. The topological polar surface area (TPSA) is 121 Å². The molecule has 1 saturated heterocycles. The van der Waals surface area contributed by atoms with Gasteiger partial charge in [0, 0.05) is 19.2 Å². The number of halogens is 1. The van der Waals surface area contributed by atoms with E-state index in [9.17, 15) is 4.79 Å². The van der Waals surface area contributed by atoms with Gasteiger partial charge in [-0.1, -0.05) is 18.2 Å². The van der Waals surface area contributed by atoms with Crippen molar-refractivity contribution in [3.05, 3.63) is 54.7 Å². The number of anilines is 1. The van der Waals surface area contributed by atoms with Gasteiger partial charge < -0.3 is 20.1 Å². The average Bonchev–Trinajstić information content (AvgIpc) is 3.25. The number of fused-ring (bicyclic) bond motifs is 1. The summed E-state index contributed by atoms with van der Waals surface area (Å²) >= 11 is 0. The van der Waals surface area contributed by atoms with E-state index in [1.807, 2.05) is 39.0 Å². The predicted molar refractivity (Wildman–Crippen MR) is 136 cm³/mol. The molecule has 0 unspecified atom stereocenters. The zero-order valence-corrected chi connectivity index (χ0v) is 20.9. The molecule has 192 valence electrons. The van der Waals surface area contributed by atoms with Gasteiger partial charge in [0.1, 0.15) is 29.2 Å². The van der Waals surface area contributed by atoms with Crippen LogP contribution in [0.3, 0.4) is 0 Å². The highest BCUT2D eigenvalue weighted by Crippen LogP contribution is 2.35. The summed E-state index contributed by atoms with van der Waals surface area (Å²) < 4.78 is 28.2. The summed E-state index contributed by atoms with van der Waals surface area (Å²) in [6.45, 7) is 6.45. The second-order valence-electron chi connectivity index (χ2n) is 9.88. The van der Waals surface area contributed by atoms with Crippen LogP contribution in [0.2, 0.25) is 0 Å². The Hall–Kier alpha value is -4.28. The number of nitrogens with two attached hydrogens (primary N) is 1. The lowest BCUT2D eigenvalue weighted by Crippen LogP contribution is -2.43. The molecule has 0 bridgehead atoms. The number of carbonyl (C=O) groups is 1. The molecule has 2 N–H and O–H groups in total. The van der Waals surface area contributed by atoms with Crippen LogP contribution < -0.4 is 10.5 Å². The van der Waals surface area contributed by atoms with E-state index in [4.69, 9.17) is 20.3 Å². The van der Waals surface area contributed by atoms with Crippen LogP contribution in [-0.4, -0.2) is 54.4 Å². The van der Waals surface area contributed by atoms with Crippen molar-refractivity contribution in [2.45, 2.75) is 45.3 Å². The van der Waals surface area contributed by atoms with Crippen molar-refractivity contribution < 1.29 is 18.7 Å². The number of para-hydroxylation sites is 1. The molecule has 11 heteroatoms. The van der Waals surface area contributed by atoms with Crippen molar-refractivity contribution in [1.82, 2.24) is 29.6 Å². The normalized spacial score (nSPS) is 16.1. The second kappa shape index (κ2) is 9.64. The predicted octanol–water partition coefficient (Wildman–Crippen LogP) is 4.97. The maximum Gasteiger partial charge on any atom is 0.410 e. The number of carbonyl (C=O) groups excluding carboxylic acids is 1. The fourth-order valence-electron chi connectivity index (χ4n) is 4.35. The molecule has 1 aromatic carbocycles. The number of benzene rings is 1. The van der Waals surface area contributed by atoms with E-state index in [2.05, 4.69) is 15.0 Å². The van der Waals surface area contributed by atoms with Gasteiger partial charge in [-0.15, -0.1) is 0 Å². The van der Waals surface area contributed by atoms with Crippen LogP contribution in [0, 0.1) is 5.95 Å². The molecule has 3 aromatic heterocycles. The number of ether oxygens (including phenoxy) is 2. The molecule has 0 spiro atoms. The number of aromatic nitrogens is 5. The SMILES string of the molecule is CC(C)(C)OC(=O)N1CCC[C@@H](n2nc(-c3ccc(Oc4ccccc4)nc3F)c3c(N)ncnc32)C1. The summed E-state index contributed by atoms with van der Waals surface area (Å²) in [4.78, 5) is 26.8. The van der Waals surface area contributed by atoms with Gasteiger partial charge in [0.05, 0.1) is 17.0 Å². The smallest absolute Gasteiger partial charge is 0.410 e. The first-order valence-electron chi connectivity index (χ1n) is 12.1. The number of likely N-dealkylation sites (tertiary alicyclic amines) is 1. The summed E-state index contributed by atoms with van der Waals surface area (Å²) in [6, 6.07) is 11.9. The van der Waals surface area contributed by atoms with Gasteiger partial charge in [0.15, 0.2) is 5.65 Å². The lowest BCUT2D eigenvalue weighted by atomic mass is 10.1. The van der Waals surface area contributed by atoms with Crippen molar-refractivity contribution in [2.75, 3.05) is 18.8 Å². The van der Waals surface area contributed by atoms with Crippen molar-refractivity contribution in [1.29, 1.82) is 0 Å². The molecule has 1 fully saturated rings. The second-order valence-corrected chi connectivity index (χ2v) is 9.88. The van der Waals surface area contributed by atoms with Crippen LogP contribution in [0.5, 0.6) is 11.6 Å². The molecular formula is C26H28FN7O3. The van der Waals surface area contributed by atoms with E-state index in [-0.39, 0.29) is 35.1 Å². The third-order valence-corrected chi connectivity index (χ3v) is 5.96. The molecule has 1 atom stereocenters.